The molecule has 1 unspecified atom stereocenters. The molecule has 0 saturated carbocycles. The fourth-order valence-corrected chi connectivity index (χ4v) is 1.58. The van der Waals surface area contributed by atoms with E-state index in [1.807, 2.05) is 30.4 Å². The van der Waals surface area contributed by atoms with Crippen LogP contribution in [-0.2, 0) is 0 Å². The normalized spacial score (nSPS) is 42.2. The Morgan fingerprint density at radius 2 is 2.08 bits per heavy atom. The predicted octanol–water partition coefficient (Wildman–Crippen LogP) is 1.98. The molecule has 1 N–H and O–H groups in total. The summed E-state index contributed by atoms with van der Waals surface area (Å²) in [5, 5.41) is 9.55. The number of aliphatic hydroxyl groups excluding tert-OH is 1. The Balaban J connectivity index is 2.34. The van der Waals surface area contributed by atoms with Gasteiger partial charge in [0, 0.05) is 5.92 Å². The van der Waals surface area contributed by atoms with E-state index in [4.69, 9.17) is 0 Å². The lowest BCUT2D eigenvalue weighted by molar-refractivity contribution is 0.173. The van der Waals surface area contributed by atoms with Crippen molar-refractivity contribution in [2.24, 2.45) is 5.92 Å². The first kappa shape index (κ1) is 7.56. The fraction of sp³-hybridized carbons (Fsp3) is 0.273. The highest BCUT2D eigenvalue weighted by Crippen LogP contribution is 2.25. The van der Waals surface area contributed by atoms with Gasteiger partial charge in [-0.25, -0.2) is 0 Å². The Kier molecular flexibility index (Phi) is 1.96. The summed E-state index contributed by atoms with van der Waals surface area (Å²) in [6.45, 7) is 0. The van der Waals surface area contributed by atoms with E-state index in [0.717, 1.165) is 6.42 Å². The van der Waals surface area contributed by atoms with E-state index < -0.39 is 0 Å². The van der Waals surface area contributed by atoms with Crippen LogP contribution in [-0.4, -0.2) is 11.2 Å². The van der Waals surface area contributed by atoms with Crippen LogP contribution < -0.4 is 0 Å². The van der Waals surface area contributed by atoms with Gasteiger partial charge in [-0.3, -0.25) is 0 Å². The molecule has 0 aromatic rings. The summed E-state index contributed by atoms with van der Waals surface area (Å²) in [4.78, 5) is 0. The lowest BCUT2D eigenvalue weighted by atomic mass is 9.87. The smallest absolute Gasteiger partial charge is 0.0789 e. The number of rotatable bonds is 0. The van der Waals surface area contributed by atoms with Crippen molar-refractivity contribution >= 4 is 0 Å². The molecule has 0 fully saturated rings. The monoisotopic (exact) mass is 160 g/mol. The van der Waals surface area contributed by atoms with Gasteiger partial charge in [-0.15, -0.1) is 0 Å². The van der Waals surface area contributed by atoms with Crippen molar-refractivity contribution in [3.8, 4) is 0 Å². The minimum atomic E-state index is -0.301. The van der Waals surface area contributed by atoms with Gasteiger partial charge in [0.1, 0.15) is 0 Å². The number of aliphatic hydroxyl groups is 1. The van der Waals surface area contributed by atoms with Gasteiger partial charge in [0.05, 0.1) is 6.10 Å². The maximum absolute atomic E-state index is 9.55. The van der Waals surface area contributed by atoms with Crippen LogP contribution in [0.4, 0.5) is 0 Å². The van der Waals surface area contributed by atoms with E-state index in [1.54, 1.807) is 0 Å². The molecule has 1 nitrogen and oxygen atoms in total. The molecule has 0 heterocycles. The molecule has 2 aliphatic carbocycles. The van der Waals surface area contributed by atoms with Gasteiger partial charge >= 0.3 is 0 Å². The Bertz CT molecular complexity index is 281. The van der Waals surface area contributed by atoms with Gasteiger partial charge in [-0.2, -0.15) is 0 Å². The van der Waals surface area contributed by atoms with E-state index in [1.165, 1.54) is 5.57 Å². The number of allylic oxidation sites excluding steroid dienone is 6. The molecule has 1 heteroatoms. The highest BCUT2D eigenvalue weighted by atomic mass is 16.3. The van der Waals surface area contributed by atoms with Crippen molar-refractivity contribution in [3.05, 3.63) is 48.1 Å². The van der Waals surface area contributed by atoms with E-state index in [-0.39, 0.29) is 12.0 Å². The topological polar surface area (TPSA) is 20.2 Å². The zero-order chi connectivity index (χ0) is 8.39. The van der Waals surface area contributed by atoms with E-state index in [9.17, 15) is 5.11 Å². The third-order valence-corrected chi connectivity index (χ3v) is 2.31. The summed E-state index contributed by atoms with van der Waals surface area (Å²) in [5.74, 6) is 0.270. The average molecular weight is 160 g/mol. The molecule has 0 amide bonds. The minimum Gasteiger partial charge on any atom is -0.388 e. The van der Waals surface area contributed by atoms with Gasteiger partial charge in [-0.05, 0) is 12.0 Å². The lowest BCUT2D eigenvalue weighted by Crippen LogP contribution is -2.19. The molecule has 0 saturated heterocycles. The van der Waals surface area contributed by atoms with Crippen molar-refractivity contribution in [1.82, 2.24) is 0 Å². The molecule has 0 aliphatic heterocycles. The zero-order valence-corrected chi connectivity index (χ0v) is 6.85. The van der Waals surface area contributed by atoms with Crippen LogP contribution >= 0.6 is 0 Å². The highest BCUT2D eigenvalue weighted by Gasteiger charge is 2.18. The van der Waals surface area contributed by atoms with Crippen molar-refractivity contribution in [3.63, 3.8) is 0 Å². The van der Waals surface area contributed by atoms with Crippen LogP contribution in [0, 0.1) is 5.92 Å². The zero-order valence-electron chi connectivity index (χ0n) is 6.85. The second kappa shape index (κ2) is 3.11. The Hall–Kier alpha value is -1.08. The summed E-state index contributed by atoms with van der Waals surface area (Å²) < 4.78 is 0. The van der Waals surface area contributed by atoms with Gasteiger partial charge in [0.2, 0.25) is 0 Å². The van der Waals surface area contributed by atoms with E-state index >= 15 is 0 Å². The molecular formula is C11H12O. The predicted molar refractivity (Wildman–Crippen MR) is 49.6 cm³/mol. The molecule has 2 atom stereocenters. The van der Waals surface area contributed by atoms with Crippen LogP contribution in [0.15, 0.2) is 48.1 Å². The second-order valence-corrected chi connectivity index (χ2v) is 3.23. The number of hydrogen-bond acceptors (Lipinski definition) is 1. The SMILES string of the molecule is O[C@H]1C=C/C2=C/C=C\C=C/C1C2. The molecule has 2 aliphatic rings. The van der Waals surface area contributed by atoms with Crippen LogP contribution in [0.2, 0.25) is 0 Å². The maximum atomic E-state index is 9.55. The van der Waals surface area contributed by atoms with Crippen molar-refractivity contribution < 1.29 is 5.11 Å². The Labute approximate surface area is 72.4 Å². The molecule has 2 rings (SSSR count). The molecule has 0 spiro atoms. The molecule has 2 bridgehead atoms. The van der Waals surface area contributed by atoms with Gasteiger partial charge < -0.3 is 5.11 Å². The summed E-state index contributed by atoms with van der Waals surface area (Å²) >= 11 is 0. The van der Waals surface area contributed by atoms with Crippen LogP contribution in [0.1, 0.15) is 6.42 Å². The first-order chi connectivity index (χ1) is 5.86. The van der Waals surface area contributed by atoms with Crippen molar-refractivity contribution in [2.75, 3.05) is 0 Å². The van der Waals surface area contributed by atoms with Crippen LogP contribution in [0.3, 0.4) is 0 Å². The molecule has 0 aromatic heterocycles. The average Bonchev–Trinajstić information content (AvgIpc) is 2.03. The van der Waals surface area contributed by atoms with Gasteiger partial charge in [0.15, 0.2) is 0 Å². The summed E-state index contributed by atoms with van der Waals surface area (Å²) in [7, 11) is 0. The van der Waals surface area contributed by atoms with Crippen molar-refractivity contribution in [1.29, 1.82) is 0 Å². The highest BCUT2D eigenvalue weighted by molar-refractivity contribution is 5.32. The molecule has 0 radical (unpaired) electrons. The van der Waals surface area contributed by atoms with Crippen molar-refractivity contribution in [2.45, 2.75) is 12.5 Å². The largest absolute Gasteiger partial charge is 0.388 e. The van der Waals surface area contributed by atoms with E-state index in [0.29, 0.717) is 0 Å². The standard InChI is InChI=1S/C11H12O/c12-11-7-6-9-4-2-1-3-5-10(11)8-9/h1-7,10-12H,8H2/b2-1-,5-3-,9-4-/t10?,11-/m0/s1. The molecule has 62 valence electrons. The van der Waals surface area contributed by atoms with Crippen LogP contribution in [0.25, 0.3) is 0 Å². The lowest BCUT2D eigenvalue weighted by Gasteiger charge is -2.22. The number of hydrogen-bond donors (Lipinski definition) is 1. The number of fused-ring (bicyclic) bond motifs is 2. The Morgan fingerprint density at radius 3 is 3.00 bits per heavy atom. The first-order valence-corrected chi connectivity index (χ1v) is 4.26. The van der Waals surface area contributed by atoms with Crippen LogP contribution in [0.5, 0.6) is 0 Å². The Morgan fingerprint density at radius 1 is 1.17 bits per heavy atom. The molecule has 12 heavy (non-hydrogen) atoms. The summed E-state index contributed by atoms with van der Waals surface area (Å²) in [6, 6.07) is 0. The third kappa shape index (κ3) is 1.41. The second-order valence-electron chi connectivity index (χ2n) is 3.23. The fourth-order valence-electron chi connectivity index (χ4n) is 1.58. The maximum Gasteiger partial charge on any atom is 0.0789 e. The molecule has 0 aromatic carbocycles. The quantitative estimate of drug-likeness (QED) is 0.574. The van der Waals surface area contributed by atoms with Gasteiger partial charge in [0.25, 0.3) is 0 Å². The molecular weight excluding hydrogens is 148 g/mol. The third-order valence-electron chi connectivity index (χ3n) is 2.31. The summed E-state index contributed by atoms with van der Waals surface area (Å²) in [5.41, 5.74) is 1.30. The van der Waals surface area contributed by atoms with E-state index in [2.05, 4.69) is 12.2 Å². The first-order valence-electron chi connectivity index (χ1n) is 4.26. The minimum absolute atomic E-state index is 0.270. The summed E-state index contributed by atoms with van der Waals surface area (Å²) in [6.07, 6.45) is 14.7. The van der Waals surface area contributed by atoms with Gasteiger partial charge in [-0.1, -0.05) is 42.5 Å².